The van der Waals surface area contributed by atoms with E-state index in [1.807, 2.05) is 0 Å². The fourth-order valence-electron chi connectivity index (χ4n) is 3.08. The third kappa shape index (κ3) is 4.67. The molecule has 2 aromatic rings. The van der Waals surface area contributed by atoms with Gasteiger partial charge in [-0.05, 0) is 12.1 Å². The average molecular weight is 481 g/mol. The van der Waals surface area contributed by atoms with Gasteiger partial charge in [-0.25, -0.2) is 13.4 Å². The number of halogens is 4. The minimum atomic E-state index is -4.58. The summed E-state index contributed by atoms with van der Waals surface area (Å²) in [4.78, 5) is 15.3. The Kier molecular flexibility index (Phi) is 6.30. The first kappa shape index (κ1) is 23.0. The predicted octanol–water partition coefficient (Wildman–Crippen LogP) is 3.18. The number of ether oxygens (including phenoxy) is 1. The van der Waals surface area contributed by atoms with Gasteiger partial charge in [0.15, 0.2) is 0 Å². The van der Waals surface area contributed by atoms with Crippen LogP contribution in [0.5, 0.6) is 5.75 Å². The lowest BCUT2D eigenvalue weighted by atomic mass is 10.2. The number of nitro benzene ring substituents is 1. The summed E-state index contributed by atoms with van der Waals surface area (Å²) in [7, 11) is -2.88. The van der Waals surface area contributed by atoms with Gasteiger partial charge < -0.3 is 9.64 Å². The quantitative estimate of drug-likeness (QED) is 0.478. The maximum atomic E-state index is 13.0. The number of benzene rings is 1. The van der Waals surface area contributed by atoms with Gasteiger partial charge in [-0.15, -0.1) is 0 Å². The number of methoxy groups -OCH3 is 1. The third-order valence-electron chi connectivity index (χ3n) is 4.66. The molecule has 1 fully saturated rings. The third-order valence-corrected chi connectivity index (χ3v) is 6.86. The molecule has 1 aromatic heterocycles. The highest BCUT2D eigenvalue weighted by Gasteiger charge is 2.35. The zero-order valence-corrected chi connectivity index (χ0v) is 17.5. The maximum absolute atomic E-state index is 13.0. The largest absolute Gasteiger partial charge is 0.495 e. The van der Waals surface area contributed by atoms with Crippen molar-refractivity contribution in [3.05, 3.63) is 51.2 Å². The molecule has 0 spiro atoms. The molecule has 0 unspecified atom stereocenters. The van der Waals surface area contributed by atoms with E-state index < -0.39 is 32.4 Å². The number of rotatable bonds is 5. The summed E-state index contributed by atoms with van der Waals surface area (Å²) in [5, 5.41) is 10.8. The topological polar surface area (TPSA) is 106 Å². The molecule has 0 N–H and O–H groups in total. The predicted molar refractivity (Wildman–Crippen MR) is 105 cm³/mol. The number of piperazine rings is 1. The van der Waals surface area contributed by atoms with Crippen molar-refractivity contribution in [2.24, 2.45) is 0 Å². The summed E-state index contributed by atoms with van der Waals surface area (Å²) in [6.45, 7) is 0.142. The second kappa shape index (κ2) is 8.48. The van der Waals surface area contributed by atoms with Crippen LogP contribution in [0, 0.1) is 10.1 Å². The van der Waals surface area contributed by atoms with Gasteiger partial charge in [0.05, 0.1) is 22.6 Å². The molecule has 1 aliphatic heterocycles. The van der Waals surface area contributed by atoms with Crippen LogP contribution in [0.3, 0.4) is 0 Å². The first-order valence-electron chi connectivity index (χ1n) is 8.75. The number of alkyl halides is 3. The lowest BCUT2D eigenvalue weighted by molar-refractivity contribution is -0.385. The van der Waals surface area contributed by atoms with E-state index in [2.05, 4.69) is 4.98 Å². The Balaban J connectivity index is 1.81. The smallest absolute Gasteiger partial charge is 0.417 e. The first-order chi connectivity index (χ1) is 14.4. The molecule has 0 atom stereocenters. The normalized spacial score (nSPS) is 15.7. The SMILES string of the molecule is COc1ccc([N+](=O)[O-])cc1S(=O)(=O)N1CCN(c2ncc(C(F)(F)F)cc2Cl)CC1. The molecule has 1 aromatic carbocycles. The number of pyridine rings is 1. The van der Waals surface area contributed by atoms with Gasteiger partial charge in [-0.3, -0.25) is 10.1 Å². The number of non-ortho nitro benzene ring substituents is 1. The van der Waals surface area contributed by atoms with Crippen LogP contribution in [-0.4, -0.2) is 55.9 Å². The molecular formula is C17H16ClF3N4O5S. The summed E-state index contributed by atoms with van der Waals surface area (Å²) in [5.74, 6) is 0.0696. The van der Waals surface area contributed by atoms with Crippen LogP contribution in [0.15, 0.2) is 35.4 Å². The van der Waals surface area contributed by atoms with Gasteiger partial charge in [0.1, 0.15) is 16.5 Å². The van der Waals surface area contributed by atoms with Gasteiger partial charge in [-0.1, -0.05) is 11.6 Å². The van der Waals surface area contributed by atoms with Crippen LogP contribution in [-0.2, 0) is 16.2 Å². The molecular weight excluding hydrogens is 465 g/mol. The standard InChI is InChI=1S/C17H16ClF3N4O5S/c1-30-14-3-2-12(25(26)27)9-15(14)31(28,29)24-6-4-23(5-7-24)16-13(18)8-11(10-22-16)17(19,20)21/h2-3,8-10H,4-7H2,1H3. The first-order valence-corrected chi connectivity index (χ1v) is 10.6. The summed E-state index contributed by atoms with van der Waals surface area (Å²) >= 11 is 5.96. The lowest BCUT2D eigenvalue weighted by Crippen LogP contribution is -2.49. The molecule has 1 saturated heterocycles. The van der Waals surface area contributed by atoms with Crippen molar-refractivity contribution in [3.63, 3.8) is 0 Å². The van der Waals surface area contributed by atoms with Gasteiger partial charge >= 0.3 is 6.18 Å². The molecule has 1 aliphatic rings. The van der Waals surface area contributed by atoms with Crippen LogP contribution in [0.2, 0.25) is 5.02 Å². The highest BCUT2D eigenvalue weighted by atomic mass is 35.5. The number of aromatic nitrogens is 1. The van der Waals surface area contributed by atoms with Crippen LogP contribution in [0.25, 0.3) is 0 Å². The molecule has 0 amide bonds. The second-order valence-electron chi connectivity index (χ2n) is 6.51. The van der Waals surface area contributed by atoms with Crippen LogP contribution >= 0.6 is 11.6 Å². The minimum Gasteiger partial charge on any atom is -0.495 e. The summed E-state index contributed by atoms with van der Waals surface area (Å²) < 4.78 is 70.6. The molecule has 0 bridgehead atoms. The van der Waals surface area contributed by atoms with E-state index in [9.17, 15) is 31.7 Å². The summed E-state index contributed by atoms with van der Waals surface area (Å²) in [6, 6.07) is 4.02. The highest BCUT2D eigenvalue weighted by molar-refractivity contribution is 7.89. The lowest BCUT2D eigenvalue weighted by Gasteiger charge is -2.35. The van der Waals surface area contributed by atoms with Crippen LogP contribution in [0.4, 0.5) is 24.7 Å². The van der Waals surface area contributed by atoms with Gasteiger partial charge in [0.2, 0.25) is 10.0 Å². The van der Waals surface area contributed by atoms with Crippen molar-refractivity contribution in [2.45, 2.75) is 11.1 Å². The Morgan fingerprint density at radius 1 is 1.19 bits per heavy atom. The Morgan fingerprint density at radius 3 is 2.35 bits per heavy atom. The molecule has 0 aliphatic carbocycles. The molecule has 0 saturated carbocycles. The molecule has 14 heteroatoms. The fourth-order valence-corrected chi connectivity index (χ4v) is 4.96. The van der Waals surface area contributed by atoms with Gasteiger partial charge in [0.25, 0.3) is 5.69 Å². The second-order valence-corrected chi connectivity index (χ2v) is 8.82. The van der Waals surface area contributed by atoms with E-state index in [1.54, 1.807) is 4.90 Å². The van der Waals surface area contributed by atoms with Crippen molar-refractivity contribution in [1.29, 1.82) is 0 Å². The molecule has 2 heterocycles. The number of anilines is 1. The molecule has 3 rings (SSSR count). The van der Waals surface area contributed by atoms with Gasteiger partial charge in [-0.2, -0.15) is 17.5 Å². The van der Waals surface area contributed by atoms with Crippen molar-refractivity contribution in [1.82, 2.24) is 9.29 Å². The van der Waals surface area contributed by atoms with E-state index in [0.29, 0.717) is 6.20 Å². The van der Waals surface area contributed by atoms with Crippen molar-refractivity contribution in [2.75, 3.05) is 38.2 Å². The number of nitro groups is 1. The van der Waals surface area contributed by atoms with E-state index >= 15 is 0 Å². The van der Waals surface area contributed by atoms with E-state index in [-0.39, 0.29) is 47.7 Å². The molecule has 0 radical (unpaired) electrons. The summed E-state index contributed by atoms with van der Waals surface area (Å²) in [5.41, 5.74) is -1.39. The highest BCUT2D eigenvalue weighted by Crippen LogP contribution is 2.35. The maximum Gasteiger partial charge on any atom is 0.417 e. The molecule has 9 nitrogen and oxygen atoms in total. The van der Waals surface area contributed by atoms with Crippen molar-refractivity contribution >= 4 is 33.1 Å². The fraction of sp³-hybridized carbons (Fsp3) is 0.353. The monoisotopic (exact) mass is 480 g/mol. The van der Waals surface area contributed by atoms with E-state index in [1.165, 1.54) is 13.2 Å². The van der Waals surface area contributed by atoms with E-state index in [0.717, 1.165) is 22.5 Å². The zero-order valence-electron chi connectivity index (χ0n) is 16.0. The van der Waals surface area contributed by atoms with Crippen LogP contribution < -0.4 is 9.64 Å². The molecule has 31 heavy (non-hydrogen) atoms. The zero-order chi connectivity index (χ0) is 23.0. The number of hydrogen-bond donors (Lipinski definition) is 0. The average Bonchev–Trinajstić information content (AvgIpc) is 2.72. The van der Waals surface area contributed by atoms with Gasteiger partial charge in [0, 0.05) is 44.5 Å². The molecule has 168 valence electrons. The number of hydrogen-bond acceptors (Lipinski definition) is 7. The minimum absolute atomic E-state index is 0.0345. The Bertz CT molecular complexity index is 1110. The Labute approximate surface area is 180 Å². The van der Waals surface area contributed by atoms with Crippen LogP contribution in [0.1, 0.15) is 5.56 Å². The van der Waals surface area contributed by atoms with E-state index in [4.69, 9.17) is 16.3 Å². The van der Waals surface area contributed by atoms with Crippen molar-refractivity contribution < 1.29 is 31.2 Å². The number of sulfonamides is 1. The summed E-state index contributed by atoms with van der Waals surface area (Å²) in [6.07, 6.45) is -3.92. The number of nitrogens with zero attached hydrogens (tertiary/aromatic N) is 4. The Hall–Kier alpha value is -2.64. The van der Waals surface area contributed by atoms with Crippen molar-refractivity contribution in [3.8, 4) is 5.75 Å². The Morgan fingerprint density at radius 2 is 1.84 bits per heavy atom.